The number of hydrogen-bond acceptors (Lipinski definition) is 3. The molecule has 0 aliphatic carbocycles. The van der Waals surface area contributed by atoms with Crippen LogP contribution in [0.5, 0.6) is 5.75 Å². The summed E-state index contributed by atoms with van der Waals surface area (Å²) in [5.41, 5.74) is 2.99. The molecule has 0 unspecified atom stereocenters. The molecule has 0 saturated carbocycles. The lowest BCUT2D eigenvalue weighted by molar-refractivity contribution is 0.281. The van der Waals surface area contributed by atoms with Crippen LogP contribution in [0.2, 0.25) is 0 Å². The molecule has 5 heteroatoms. The maximum Gasteiger partial charge on any atom is 0.193 e. The van der Waals surface area contributed by atoms with Gasteiger partial charge in [-0.3, -0.25) is 4.99 Å². The Kier molecular flexibility index (Phi) is 6.85. The van der Waals surface area contributed by atoms with Crippen LogP contribution < -0.4 is 10.1 Å². The van der Waals surface area contributed by atoms with Crippen molar-refractivity contribution in [3.8, 4) is 11.8 Å². The summed E-state index contributed by atoms with van der Waals surface area (Å²) < 4.78 is 5.76. The zero-order valence-corrected chi connectivity index (χ0v) is 15.0. The van der Waals surface area contributed by atoms with Crippen molar-refractivity contribution in [3.63, 3.8) is 0 Å². The van der Waals surface area contributed by atoms with Gasteiger partial charge in [0.15, 0.2) is 5.96 Å². The molecule has 0 amide bonds. The number of likely N-dealkylation sites (N-methyl/N-ethyl adjacent to an activating group) is 1. The second-order valence-corrected chi connectivity index (χ2v) is 5.79. The van der Waals surface area contributed by atoms with Crippen LogP contribution in [-0.4, -0.2) is 38.1 Å². The normalized spacial score (nSPS) is 10.9. The maximum atomic E-state index is 8.83. The van der Waals surface area contributed by atoms with Gasteiger partial charge < -0.3 is 15.0 Å². The molecule has 0 aromatic heterocycles. The van der Waals surface area contributed by atoms with Crippen molar-refractivity contribution in [1.29, 1.82) is 5.26 Å². The van der Waals surface area contributed by atoms with E-state index in [-0.39, 0.29) is 0 Å². The summed E-state index contributed by atoms with van der Waals surface area (Å²) in [5.74, 6) is 1.68. The first-order valence-corrected chi connectivity index (χ1v) is 8.22. The Morgan fingerprint density at radius 1 is 1.16 bits per heavy atom. The van der Waals surface area contributed by atoms with Crippen molar-refractivity contribution >= 4 is 5.96 Å². The first kappa shape index (κ1) is 18.3. The second-order valence-electron chi connectivity index (χ2n) is 5.79. The summed E-state index contributed by atoms with van der Waals surface area (Å²) in [5, 5.41) is 12.1. The van der Waals surface area contributed by atoms with E-state index in [9.17, 15) is 0 Å². The van der Waals surface area contributed by atoms with Crippen molar-refractivity contribution < 1.29 is 4.74 Å². The molecule has 25 heavy (non-hydrogen) atoms. The number of guanidine groups is 1. The topological polar surface area (TPSA) is 60.7 Å². The quantitative estimate of drug-likeness (QED) is 0.651. The van der Waals surface area contributed by atoms with Crippen LogP contribution >= 0.6 is 0 Å². The smallest absolute Gasteiger partial charge is 0.193 e. The summed E-state index contributed by atoms with van der Waals surface area (Å²) in [6.07, 6.45) is 0. The van der Waals surface area contributed by atoms with Gasteiger partial charge >= 0.3 is 0 Å². The molecule has 0 atom stereocenters. The lowest BCUT2D eigenvalue weighted by Gasteiger charge is -2.22. The molecular formula is C20H24N4O. The van der Waals surface area contributed by atoms with Crippen LogP contribution in [0.3, 0.4) is 0 Å². The SMILES string of the molecule is CN=C(NCc1ccc(C#N)cc1)N(C)CCOc1ccc(C)cc1. The summed E-state index contributed by atoms with van der Waals surface area (Å²) in [7, 11) is 3.74. The number of ether oxygens (including phenoxy) is 1. The minimum absolute atomic E-state index is 0.580. The lowest BCUT2D eigenvalue weighted by atomic mass is 10.1. The third-order valence-electron chi connectivity index (χ3n) is 3.82. The summed E-state index contributed by atoms with van der Waals surface area (Å²) in [4.78, 5) is 6.32. The van der Waals surface area contributed by atoms with E-state index < -0.39 is 0 Å². The van der Waals surface area contributed by atoms with Crippen LogP contribution in [0.1, 0.15) is 16.7 Å². The summed E-state index contributed by atoms with van der Waals surface area (Å²) in [6.45, 7) is 4.01. The second kappa shape index (κ2) is 9.33. The van der Waals surface area contributed by atoms with Crippen molar-refractivity contribution in [3.05, 3.63) is 65.2 Å². The van der Waals surface area contributed by atoms with E-state index >= 15 is 0 Å². The van der Waals surface area contributed by atoms with Crippen molar-refractivity contribution in [1.82, 2.24) is 10.2 Å². The van der Waals surface area contributed by atoms with Crippen molar-refractivity contribution in [2.75, 3.05) is 27.2 Å². The minimum atomic E-state index is 0.580. The van der Waals surface area contributed by atoms with Gasteiger partial charge in [0, 0.05) is 20.6 Å². The van der Waals surface area contributed by atoms with Crippen LogP contribution in [0, 0.1) is 18.3 Å². The molecule has 2 aromatic carbocycles. The van der Waals surface area contributed by atoms with Gasteiger partial charge in [-0.2, -0.15) is 5.26 Å². The number of benzene rings is 2. The minimum Gasteiger partial charge on any atom is -0.492 e. The van der Waals surface area contributed by atoms with Gasteiger partial charge in [-0.1, -0.05) is 29.8 Å². The molecule has 0 aliphatic heterocycles. The van der Waals surface area contributed by atoms with Gasteiger partial charge in [0.2, 0.25) is 0 Å². The number of nitrogens with one attached hydrogen (secondary N) is 1. The van der Waals surface area contributed by atoms with E-state index in [0.29, 0.717) is 18.7 Å². The maximum absolute atomic E-state index is 8.83. The Balaban J connectivity index is 1.78. The summed E-state index contributed by atoms with van der Waals surface area (Å²) >= 11 is 0. The highest BCUT2D eigenvalue weighted by Gasteiger charge is 2.06. The van der Waals surface area contributed by atoms with E-state index in [4.69, 9.17) is 10.00 Å². The number of nitrogens with zero attached hydrogens (tertiary/aromatic N) is 3. The molecule has 0 bridgehead atoms. The third-order valence-corrected chi connectivity index (χ3v) is 3.82. The number of nitriles is 1. The Morgan fingerprint density at radius 2 is 1.84 bits per heavy atom. The fraction of sp³-hybridized carbons (Fsp3) is 0.300. The number of hydrogen-bond donors (Lipinski definition) is 1. The molecule has 0 radical (unpaired) electrons. The zero-order valence-electron chi connectivity index (χ0n) is 15.0. The summed E-state index contributed by atoms with van der Waals surface area (Å²) in [6, 6.07) is 17.7. The van der Waals surface area contributed by atoms with E-state index in [0.717, 1.165) is 23.8 Å². The van der Waals surface area contributed by atoms with E-state index in [1.807, 2.05) is 60.5 Å². The van der Waals surface area contributed by atoms with Crippen LogP contribution in [-0.2, 0) is 6.54 Å². The fourth-order valence-electron chi connectivity index (χ4n) is 2.30. The third kappa shape index (κ3) is 5.85. The fourth-order valence-corrected chi connectivity index (χ4v) is 2.30. The standard InChI is InChI=1S/C20H24N4O/c1-16-4-10-19(11-5-16)25-13-12-24(3)20(22-2)23-15-18-8-6-17(14-21)7-9-18/h4-11H,12-13,15H2,1-3H3,(H,22,23). The van der Waals surface area contributed by atoms with Crippen molar-refractivity contribution in [2.45, 2.75) is 13.5 Å². The van der Waals surface area contributed by atoms with Gasteiger partial charge in [-0.05, 0) is 36.8 Å². The molecule has 1 N–H and O–H groups in total. The van der Waals surface area contributed by atoms with Gasteiger partial charge in [0.1, 0.15) is 12.4 Å². The van der Waals surface area contributed by atoms with E-state index in [2.05, 4.69) is 23.3 Å². The first-order valence-electron chi connectivity index (χ1n) is 8.22. The zero-order chi connectivity index (χ0) is 18.1. The number of aliphatic imine (C=N–C) groups is 1. The molecule has 0 saturated heterocycles. The average molecular weight is 336 g/mol. The Bertz CT molecular complexity index is 730. The molecule has 130 valence electrons. The molecule has 2 rings (SSSR count). The Labute approximate surface area is 149 Å². The van der Waals surface area contributed by atoms with Gasteiger partial charge in [0.05, 0.1) is 18.2 Å². The predicted octanol–water partition coefficient (Wildman–Crippen LogP) is 2.95. The highest BCUT2D eigenvalue weighted by molar-refractivity contribution is 5.79. The molecular weight excluding hydrogens is 312 g/mol. The first-order chi connectivity index (χ1) is 12.1. The molecule has 0 spiro atoms. The van der Waals surface area contributed by atoms with Crippen LogP contribution in [0.25, 0.3) is 0 Å². The lowest BCUT2D eigenvalue weighted by Crippen LogP contribution is -2.40. The largest absolute Gasteiger partial charge is 0.492 e. The van der Waals surface area contributed by atoms with Crippen LogP contribution in [0.15, 0.2) is 53.5 Å². The van der Waals surface area contributed by atoms with Crippen LogP contribution in [0.4, 0.5) is 0 Å². The Hall–Kier alpha value is -3.00. The monoisotopic (exact) mass is 336 g/mol. The van der Waals surface area contributed by atoms with Gasteiger partial charge in [-0.25, -0.2) is 0 Å². The highest BCUT2D eigenvalue weighted by Crippen LogP contribution is 2.11. The Morgan fingerprint density at radius 3 is 2.44 bits per heavy atom. The molecule has 5 nitrogen and oxygen atoms in total. The van der Waals surface area contributed by atoms with Gasteiger partial charge in [-0.15, -0.1) is 0 Å². The number of aryl methyl sites for hydroxylation is 1. The molecule has 0 fully saturated rings. The molecule has 2 aromatic rings. The molecule has 0 heterocycles. The molecule has 0 aliphatic rings. The van der Waals surface area contributed by atoms with Crippen molar-refractivity contribution in [2.24, 2.45) is 4.99 Å². The van der Waals surface area contributed by atoms with Gasteiger partial charge in [0.25, 0.3) is 0 Å². The predicted molar refractivity (Wildman–Crippen MR) is 101 cm³/mol. The number of rotatable bonds is 6. The van der Waals surface area contributed by atoms with E-state index in [1.54, 1.807) is 7.05 Å². The average Bonchev–Trinajstić information content (AvgIpc) is 2.64. The van der Waals surface area contributed by atoms with E-state index in [1.165, 1.54) is 5.56 Å². The highest BCUT2D eigenvalue weighted by atomic mass is 16.5.